The average molecular weight is 409 g/mol. The van der Waals surface area contributed by atoms with Crippen molar-refractivity contribution in [1.82, 2.24) is 0 Å². The highest BCUT2D eigenvalue weighted by molar-refractivity contribution is 6.00. The number of ether oxygens (including phenoxy) is 2. The van der Waals surface area contributed by atoms with Crippen LogP contribution in [0.25, 0.3) is 0 Å². The lowest BCUT2D eigenvalue weighted by Gasteiger charge is -2.07. The number of rotatable bonds is 8. The molecule has 0 radical (unpaired) electrons. The van der Waals surface area contributed by atoms with Crippen LogP contribution in [-0.4, -0.2) is 18.4 Å². The SMILES string of the molecule is CCOc1ccc(OCc2ccc(C(=O)O/N=C(\N)c3cccc(N)c3C)o2)cc1. The van der Waals surface area contributed by atoms with E-state index >= 15 is 0 Å². The predicted octanol–water partition coefficient (Wildman–Crippen LogP) is 3.63. The maximum absolute atomic E-state index is 12.2. The third kappa shape index (κ3) is 5.11. The van der Waals surface area contributed by atoms with Crippen molar-refractivity contribution in [2.24, 2.45) is 10.9 Å². The second kappa shape index (κ2) is 9.51. The Morgan fingerprint density at radius 2 is 1.73 bits per heavy atom. The van der Waals surface area contributed by atoms with Gasteiger partial charge >= 0.3 is 5.97 Å². The number of oxime groups is 1. The molecule has 1 heterocycles. The number of hydrogen-bond acceptors (Lipinski definition) is 7. The summed E-state index contributed by atoms with van der Waals surface area (Å²) < 4.78 is 16.5. The van der Waals surface area contributed by atoms with E-state index < -0.39 is 5.97 Å². The van der Waals surface area contributed by atoms with Crippen LogP contribution in [0.3, 0.4) is 0 Å². The zero-order chi connectivity index (χ0) is 21.5. The summed E-state index contributed by atoms with van der Waals surface area (Å²) in [5.74, 6) is 1.13. The Kier molecular flexibility index (Phi) is 6.59. The normalized spacial score (nSPS) is 11.2. The molecule has 30 heavy (non-hydrogen) atoms. The molecule has 0 aliphatic rings. The van der Waals surface area contributed by atoms with Crippen molar-refractivity contribution in [2.75, 3.05) is 12.3 Å². The largest absolute Gasteiger partial charge is 0.494 e. The van der Waals surface area contributed by atoms with Crippen LogP contribution in [0.5, 0.6) is 11.5 Å². The van der Waals surface area contributed by atoms with Gasteiger partial charge in [-0.15, -0.1) is 0 Å². The number of hydrogen-bond donors (Lipinski definition) is 2. The molecule has 0 amide bonds. The average Bonchev–Trinajstić information content (AvgIpc) is 3.23. The van der Waals surface area contributed by atoms with Crippen molar-refractivity contribution < 1.29 is 23.5 Å². The molecule has 0 atom stereocenters. The van der Waals surface area contributed by atoms with Gasteiger partial charge in [-0.25, -0.2) is 4.79 Å². The van der Waals surface area contributed by atoms with E-state index in [1.54, 1.807) is 43.3 Å². The van der Waals surface area contributed by atoms with E-state index in [0.717, 1.165) is 11.3 Å². The molecule has 0 bridgehead atoms. The minimum Gasteiger partial charge on any atom is -0.494 e. The Morgan fingerprint density at radius 1 is 1.03 bits per heavy atom. The Bertz CT molecular complexity index is 1040. The summed E-state index contributed by atoms with van der Waals surface area (Å²) in [6, 6.07) is 15.5. The number of amidine groups is 1. The first-order valence-electron chi connectivity index (χ1n) is 9.32. The smallest absolute Gasteiger partial charge is 0.400 e. The van der Waals surface area contributed by atoms with E-state index in [2.05, 4.69) is 5.16 Å². The summed E-state index contributed by atoms with van der Waals surface area (Å²) >= 11 is 0. The van der Waals surface area contributed by atoms with Crippen molar-refractivity contribution in [3.05, 3.63) is 77.2 Å². The second-order valence-corrected chi connectivity index (χ2v) is 6.33. The van der Waals surface area contributed by atoms with E-state index in [9.17, 15) is 4.79 Å². The molecular formula is C22H23N3O5. The number of carbonyl (C=O) groups excluding carboxylic acids is 1. The minimum atomic E-state index is -0.771. The molecule has 4 N–H and O–H groups in total. The van der Waals surface area contributed by atoms with Gasteiger partial charge in [0.1, 0.15) is 23.9 Å². The van der Waals surface area contributed by atoms with Gasteiger partial charge < -0.3 is 30.2 Å². The van der Waals surface area contributed by atoms with Crippen LogP contribution in [0, 0.1) is 6.92 Å². The number of nitrogens with zero attached hydrogens (tertiary/aromatic N) is 1. The first-order valence-corrected chi connectivity index (χ1v) is 9.32. The Hall–Kier alpha value is -3.94. The van der Waals surface area contributed by atoms with Crippen molar-refractivity contribution >= 4 is 17.5 Å². The van der Waals surface area contributed by atoms with Crippen LogP contribution < -0.4 is 20.9 Å². The maximum Gasteiger partial charge on any atom is 0.400 e. The molecule has 0 spiro atoms. The molecule has 3 rings (SSSR count). The van der Waals surface area contributed by atoms with Gasteiger partial charge in [-0.05, 0) is 61.9 Å². The van der Waals surface area contributed by atoms with E-state index in [4.69, 9.17) is 30.2 Å². The first-order chi connectivity index (χ1) is 14.5. The molecule has 3 aromatic rings. The molecule has 8 nitrogen and oxygen atoms in total. The van der Waals surface area contributed by atoms with Crippen molar-refractivity contribution in [3.63, 3.8) is 0 Å². The zero-order valence-corrected chi connectivity index (χ0v) is 16.8. The zero-order valence-electron chi connectivity index (χ0n) is 16.8. The number of nitrogens with two attached hydrogens (primary N) is 2. The van der Waals surface area contributed by atoms with E-state index in [-0.39, 0.29) is 18.2 Å². The van der Waals surface area contributed by atoms with Crippen LogP contribution in [0.4, 0.5) is 5.69 Å². The summed E-state index contributed by atoms with van der Waals surface area (Å²) in [7, 11) is 0. The second-order valence-electron chi connectivity index (χ2n) is 6.33. The summed E-state index contributed by atoms with van der Waals surface area (Å²) in [6.45, 7) is 4.47. The van der Waals surface area contributed by atoms with Gasteiger partial charge in [0.25, 0.3) is 0 Å². The van der Waals surface area contributed by atoms with Gasteiger partial charge in [0.05, 0.1) is 6.61 Å². The van der Waals surface area contributed by atoms with Crippen molar-refractivity contribution in [2.45, 2.75) is 20.5 Å². The number of furan rings is 1. The Balaban J connectivity index is 1.57. The molecule has 2 aromatic carbocycles. The highest BCUT2D eigenvalue weighted by Gasteiger charge is 2.15. The summed E-state index contributed by atoms with van der Waals surface area (Å²) in [5, 5.41) is 3.69. The van der Waals surface area contributed by atoms with E-state index in [1.807, 2.05) is 19.1 Å². The van der Waals surface area contributed by atoms with E-state index in [0.29, 0.717) is 29.4 Å². The van der Waals surface area contributed by atoms with Gasteiger partial charge in [-0.2, -0.15) is 0 Å². The van der Waals surface area contributed by atoms with Crippen LogP contribution in [0.2, 0.25) is 0 Å². The molecule has 0 saturated heterocycles. The molecular weight excluding hydrogens is 386 g/mol. The van der Waals surface area contributed by atoms with Crippen LogP contribution in [-0.2, 0) is 11.4 Å². The number of nitrogen functional groups attached to an aromatic ring is 1. The molecule has 0 aliphatic heterocycles. The fraction of sp³-hybridized carbons (Fsp3) is 0.182. The quantitative estimate of drug-likeness (QED) is 0.191. The van der Waals surface area contributed by atoms with Crippen LogP contribution in [0.1, 0.15) is 34.4 Å². The van der Waals surface area contributed by atoms with Gasteiger partial charge in [0.2, 0.25) is 5.76 Å². The highest BCUT2D eigenvalue weighted by atomic mass is 16.7. The molecule has 0 saturated carbocycles. The molecule has 156 valence electrons. The topological polar surface area (TPSA) is 122 Å². The van der Waals surface area contributed by atoms with Gasteiger partial charge in [0.15, 0.2) is 5.84 Å². The van der Waals surface area contributed by atoms with Gasteiger partial charge in [0, 0.05) is 11.3 Å². The third-order valence-corrected chi connectivity index (χ3v) is 4.26. The first kappa shape index (κ1) is 20.8. The van der Waals surface area contributed by atoms with Gasteiger partial charge in [-0.1, -0.05) is 17.3 Å². The number of anilines is 1. The molecule has 0 aliphatic carbocycles. The highest BCUT2D eigenvalue weighted by Crippen LogP contribution is 2.20. The molecule has 8 heteroatoms. The van der Waals surface area contributed by atoms with Gasteiger partial charge in [-0.3, -0.25) is 0 Å². The lowest BCUT2D eigenvalue weighted by molar-refractivity contribution is 0.0475. The predicted molar refractivity (Wildman–Crippen MR) is 112 cm³/mol. The van der Waals surface area contributed by atoms with Crippen LogP contribution >= 0.6 is 0 Å². The Morgan fingerprint density at radius 3 is 2.43 bits per heavy atom. The summed E-state index contributed by atoms with van der Waals surface area (Å²) in [4.78, 5) is 17.0. The molecule has 0 fully saturated rings. The van der Waals surface area contributed by atoms with E-state index in [1.165, 1.54) is 6.07 Å². The maximum atomic E-state index is 12.2. The minimum absolute atomic E-state index is 0.0128. The Labute approximate surface area is 174 Å². The fourth-order valence-corrected chi connectivity index (χ4v) is 2.63. The number of carbonyl (C=O) groups is 1. The van der Waals surface area contributed by atoms with Crippen molar-refractivity contribution in [1.29, 1.82) is 0 Å². The fourth-order valence-electron chi connectivity index (χ4n) is 2.63. The molecule has 1 aromatic heterocycles. The summed E-state index contributed by atoms with van der Waals surface area (Å²) in [6.07, 6.45) is 0. The third-order valence-electron chi connectivity index (χ3n) is 4.26. The standard InChI is InChI=1S/C22H23N3O5/c1-3-27-15-7-9-16(10-8-15)28-13-17-11-12-20(29-17)22(26)30-25-21(24)18-5-4-6-19(23)14(18)2/h4-12H,3,13,23H2,1-2H3,(H2,24,25). The van der Waals surface area contributed by atoms with Crippen LogP contribution in [0.15, 0.2) is 64.2 Å². The lowest BCUT2D eigenvalue weighted by atomic mass is 10.1. The summed E-state index contributed by atoms with van der Waals surface area (Å²) in [5.41, 5.74) is 13.7. The van der Waals surface area contributed by atoms with Crippen molar-refractivity contribution in [3.8, 4) is 11.5 Å². The number of benzene rings is 2. The lowest BCUT2D eigenvalue weighted by Crippen LogP contribution is -2.17. The monoisotopic (exact) mass is 409 g/mol. The molecule has 0 unspecified atom stereocenters.